The minimum absolute atomic E-state index is 0.294. The normalized spacial score (nSPS) is 12.5. The predicted octanol–water partition coefficient (Wildman–Crippen LogP) is 4.37. The van der Waals surface area contributed by atoms with E-state index in [-0.39, 0.29) is 0 Å². The molecule has 2 nitrogen and oxygen atoms in total. The van der Waals surface area contributed by atoms with Gasteiger partial charge in [0.2, 0.25) is 0 Å². The van der Waals surface area contributed by atoms with Crippen molar-refractivity contribution in [2.75, 3.05) is 13.7 Å². The molecule has 0 amide bonds. The van der Waals surface area contributed by atoms with Crippen molar-refractivity contribution in [3.05, 3.63) is 71.3 Å². The van der Waals surface area contributed by atoms with Gasteiger partial charge in [-0.25, -0.2) is 0 Å². The highest BCUT2D eigenvalue weighted by Gasteiger charge is 2.04. The van der Waals surface area contributed by atoms with Crippen molar-refractivity contribution < 1.29 is 4.74 Å². The van der Waals surface area contributed by atoms with Crippen LogP contribution in [-0.4, -0.2) is 13.7 Å². The molecule has 2 aromatic rings. The van der Waals surface area contributed by atoms with Crippen LogP contribution in [0.4, 0.5) is 0 Å². The molecule has 1 atom stereocenters. The summed E-state index contributed by atoms with van der Waals surface area (Å²) in [6.07, 6.45) is 4.31. The minimum atomic E-state index is 0.294. The van der Waals surface area contributed by atoms with Crippen molar-refractivity contribution in [2.45, 2.75) is 19.9 Å². The summed E-state index contributed by atoms with van der Waals surface area (Å²) in [4.78, 5) is 0. The second-order valence-electron chi connectivity index (χ2n) is 5.22. The fraction of sp³-hybridized carbons (Fsp3) is 0.263. The molecule has 2 heteroatoms. The molecule has 0 aliphatic carbocycles. The Morgan fingerprint density at radius 3 is 2.71 bits per heavy atom. The highest BCUT2D eigenvalue weighted by molar-refractivity contribution is 5.50. The zero-order chi connectivity index (χ0) is 15.1. The standard InChI is InChI=1S/C19H23NO/c1-15-7-4-8-17(13-15)9-6-12-20-16(2)18-10-5-11-19(14-18)21-3/h4-11,13-14,16,20H,12H2,1-3H3/t16-/m1/s1. The highest BCUT2D eigenvalue weighted by atomic mass is 16.5. The van der Waals surface area contributed by atoms with Gasteiger partial charge in [0.1, 0.15) is 5.75 Å². The average molecular weight is 281 g/mol. The third-order valence-electron chi connectivity index (χ3n) is 3.49. The molecule has 0 saturated heterocycles. The summed E-state index contributed by atoms with van der Waals surface area (Å²) in [5.41, 5.74) is 3.76. The van der Waals surface area contributed by atoms with E-state index in [9.17, 15) is 0 Å². The molecule has 0 fully saturated rings. The maximum atomic E-state index is 5.26. The molecule has 0 bridgehead atoms. The monoisotopic (exact) mass is 281 g/mol. The van der Waals surface area contributed by atoms with Crippen LogP contribution in [-0.2, 0) is 0 Å². The number of methoxy groups -OCH3 is 1. The van der Waals surface area contributed by atoms with Gasteiger partial charge in [0, 0.05) is 12.6 Å². The Hall–Kier alpha value is -2.06. The number of hydrogen-bond acceptors (Lipinski definition) is 2. The topological polar surface area (TPSA) is 21.3 Å². The Morgan fingerprint density at radius 2 is 1.95 bits per heavy atom. The lowest BCUT2D eigenvalue weighted by Crippen LogP contribution is -2.18. The summed E-state index contributed by atoms with van der Waals surface area (Å²) >= 11 is 0. The number of aryl methyl sites for hydroxylation is 1. The Kier molecular flexibility index (Phi) is 5.59. The Balaban J connectivity index is 1.87. The first-order chi connectivity index (χ1) is 10.2. The predicted molar refractivity (Wildman–Crippen MR) is 89.6 cm³/mol. The van der Waals surface area contributed by atoms with E-state index in [0.29, 0.717) is 6.04 Å². The van der Waals surface area contributed by atoms with E-state index in [1.165, 1.54) is 16.7 Å². The maximum Gasteiger partial charge on any atom is 0.119 e. The van der Waals surface area contributed by atoms with Gasteiger partial charge in [-0.2, -0.15) is 0 Å². The quantitative estimate of drug-likeness (QED) is 0.849. The number of ether oxygens (including phenoxy) is 1. The van der Waals surface area contributed by atoms with Crippen molar-refractivity contribution in [3.8, 4) is 5.75 Å². The summed E-state index contributed by atoms with van der Waals surface area (Å²) in [6, 6.07) is 17.0. The Bertz CT molecular complexity index is 604. The number of rotatable bonds is 6. The molecule has 1 N–H and O–H groups in total. The van der Waals surface area contributed by atoms with Gasteiger partial charge in [0.05, 0.1) is 7.11 Å². The average Bonchev–Trinajstić information content (AvgIpc) is 2.51. The van der Waals surface area contributed by atoms with E-state index in [1.54, 1.807) is 7.11 Å². The van der Waals surface area contributed by atoms with Gasteiger partial charge in [-0.3, -0.25) is 0 Å². The molecule has 0 heterocycles. The molecule has 21 heavy (non-hydrogen) atoms. The number of hydrogen-bond donors (Lipinski definition) is 1. The zero-order valence-corrected chi connectivity index (χ0v) is 13.0. The smallest absolute Gasteiger partial charge is 0.119 e. The third-order valence-corrected chi connectivity index (χ3v) is 3.49. The fourth-order valence-corrected chi connectivity index (χ4v) is 2.24. The van der Waals surface area contributed by atoms with Crippen molar-refractivity contribution in [3.63, 3.8) is 0 Å². The van der Waals surface area contributed by atoms with Gasteiger partial charge >= 0.3 is 0 Å². The molecular weight excluding hydrogens is 258 g/mol. The lowest BCUT2D eigenvalue weighted by atomic mass is 10.1. The van der Waals surface area contributed by atoms with E-state index in [4.69, 9.17) is 4.74 Å². The van der Waals surface area contributed by atoms with E-state index in [2.05, 4.69) is 67.7 Å². The SMILES string of the molecule is COc1cccc([C@@H](C)NCC=Cc2cccc(C)c2)c1. The second kappa shape index (κ2) is 7.65. The van der Waals surface area contributed by atoms with Crippen LogP contribution >= 0.6 is 0 Å². The van der Waals surface area contributed by atoms with Crippen LogP contribution in [0.3, 0.4) is 0 Å². The number of benzene rings is 2. The summed E-state index contributed by atoms with van der Waals surface area (Å²) < 4.78 is 5.26. The molecule has 2 aromatic carbocycles. The van der Waals surface area contributed by atoms with Gasteiger partial charge < -0.3 is 10.1 Å². The molecule has 0 aliphatic rings. The van der Waals surface area contributed by atoms with Crippen molar-refractivity contribution in [1.29, 1.82) is 0 Å². The molecule has 0 unspecified atom stereocenters. The molecule has 0 aliphatic heterocycles. The second-order valence-corrected chi connectivity index (χ2v) is 5.22. The van der Waals surface area contributed by atoms with Crippen molar-refractivity contribution in [2.24, 2.45) is 0 Å². The van der Waals surface area contributed by atoms with Crippen LogP contribution < -0.4 is 10.1 Å². The lowest BCUT2D eigenvalue weighted by molar-refractivity contribution is 0.413. The summed E-state index contributed by atoms with van der Waals surface area (Å²) in [5.74, 6) is 0.899. The molecule has 0 saturated carbocycles. The van der Waals surface area contributed by atoms with Crippen molar-refractivity contribution in [1.82, 2.24) is 5.32 Å². The van der Waals surface area contributed by atoms with E-state index >= 15 is 0 Å². The molecule has 110 valence electrons. The largest absolute Gasteiger partial charge is 0.497 e. The Labute approximate surface area is 127 Å². The van der Waals surface area contributed by atoms with Crippen LogP contribution in [0.2, 0.25) is 0 Å². The molecule has 2 rings (SSSR count). The van der Waals surface area contributed by atoms with Crippen LogP contribution in [0.1, 0.15) is 29.7 Å². The third kappa shape index (κ3) is 4.76. The van der Waals surface area contributed by atoms with E-state index < -0.39 is 0 Å². The lowest BCUT2D eigenvalue weighted by Gasteiger charge is -2.13. The van der Waals surface area contributed by atoms with Gasteiger partial charge in [0.25, 0.3) is 0 Å². The zero-order valence-electron chi connectivity index (χ0n) is 13.0. The maximum absolute atomic E-state index is 5.26. The van der Waals surface area contributed by atoms with Crippen LogP contribution in [0.25, 0.3) is 6.08 Å². The first kappa shape index (κ1) is 15.3. The van der Waals surface area contributed by atoms with Gasteiger partial charge in [-0.1, -0.05) is 54.1 Å². The van der Waals surface area contributed by atoms with Crippen LogP contribution in [0.15, 0.2) is 54.6 Å². The number of nitrogens with one attached hydrogen (secondary N) is 1. The first-order valence-corrected chi connectivity index (χ1v) is 7.29. The van der Waals surface area contributed by atoms with Crippen LogP contribution in [0, 0.1) is 6.92 Å². The van der Waals surface area contributed by atoms with Gasteiger partial charge in [-0.15, -0.1) is 0 Å². The highest BCUT2D eigenvalue weighted by Crippen LogP contribution is 2.18. The minimum Gasteiger partial charge on any atom is -0.497 e. The summed E-state index contributed by atoms with van der Waals surface area (Å²) in [5, 5.41) is 3.49. The van der Waals surface area contributed by atoms with E-state index in [0.717, 1.165) is 12.3 Å². The van der Waals surface area contributed by atoms with E-state index in [1.807, 2.05) is 12.1 Å². The summed E-state index contributed by atoms with van der Waals surface area (Å²) in [7, 11) is 1.70. The molecule has 0 radical (unpaired) electrons. The summed E-state index contributed by atoms with van der Waals surface area (Å²) in [6.45, 7) is 5.11. The molecular formula is C19H23NO. The molecule has 0 aromatic heterocycles. The van der Waals surface area contributed by atoms with Crippen molar-refractivity contribution >= 4 is 6.08 Å². The van der Waals surface area contributed by atoms with Gasteiger partial charge in [-0.05, 0) is 37.1 Å². The fourth-order valence-electron chi connectivity index (χ4n) is 2.24. The first-order valence-electron chi connectivity index (χ1n) is 7.29. The van der Waals surface area contributed by atoms with Crippen LogP contribution in [0.5, 0.6) is 5.75 Å². The Morgan fingerprint density at radius 1 is 1.14 bits per heavy atom. The molecule has 0 spiro atoms. The van der Waals surface area contributed by atoms with Gasteiger partial charge in [0.15, 0.2) is 0 Å².